The summed E-state index contributed by atoms with van der Waals surface area (Å²) < 4.78 is 0. The summed E-state index contributed by atoms with van der Waals surface area (Å²) in [5, 5.41) is 20.9. The number of hydrogen-bond acceptors (Lipinski definition) is 3. The van der Waals surface area contributed by atoms with Gasteiger partial charge in [-0.05, 0) is 64.0 Å². The Bertz CT molecular complexity index is 466. The van der Waals surface area contributed by atoms with Crippen molar-refractivity contribution in [1.29, 1.82) is 0 Å². The van der Waals surface area contributed by atoms with Crippen LogP contribution in [0, 0.1) is 5.92 Å². The SMILES string of the molecule is CCCC(O)/C(C)=C/CC(C)/C=C1\CN2CCCCC2C(C)(O)C1. The zero-order chi connectivity index (χ0) is 17.7. The first-order valence-corrected chi connectivity index (χ1v) is 9.84. The van der Waals surface area contributed by atoms with Crippen molar-refractivity contribution in [3.63, 3.8) is 0 Å². The number of piperidine rings is 2. The van der Waals surface area contributed by atoms with Crippen LogP contribution in [-0.2, 0) is 0 Å². The average Bonchev–Trinajstić information content (AvgIpc) is 2.52. The lowest BCUT2D eigenvalue weighted by Gasteiger charge is -2.49. The molecule has 24 heavy (non-hydrogen) atoms. The molecule has 0 aliphatic carbocycles. The zero-order valence-electron chi connectivity index (χ0n) is 16.1. The summed E-state index contributed by atoms with van der Waals surface area (Å²) in [7, 11) is 0. The van der Waals surface area contributed by atoms with Gasteiger partial charge in [0, 0.05) is 12.6 Å². The van der Waals surface area contributed by atoms with E-state index in [-0.39, 0.29) is 6.10 Å². The van der Waals surface area contributed by atoms with E-state index in [1.807, 2.05) is 13.8 Å². The van der Waals surface area contributed by atoms with E-state index in [0.29, 0.717) is 12.0 Å². The first kappa shape index (κ1) is 19.7. The number of nitrogens with zero attached hydrogens (tertiary/aromatic N) is 1. The number of hydrogen-bond donors (Lipinski definition) is 2. The third kappa shape index (κ3) is 5.18. The van der Waals surface area contributed by atoms with Crippen molar-refractivity contribution in [2.24, 2.45) is 5.92 Å². The monoisotopic (exact) mass is 335 g/mol. The van der Waals surface area contributed by atoms with Crippen LogP contribution in [0.5, 0.6) is 0 Å². The predicted octanol–water partition coefficient (Wildman–Crippen LogP) is 4.06. The van der Waals surface area contributed by atoms with Gasteiger partial charge in [0.15, 0.2) is 0 Å². The highest BCUT2D eigenvalue weighted by molar-refractivity contribution is 5.18. The predicted molar refractivity (Wildman–Crippen MR) is 101 cm³/mol. The molecule has 3 heteroatoms. The number of aliphatic hydroxyl groups is 2. The maximum atomic E-state index is 10.9. The second kappa shape index (κ2) is 8.64. The van der Waals surface area contributed by atoms with E-state index in [9.17, 15) is 10.2 Å². The van der Waals surface area contributed by atoms with Gasteiger partial charge in [0.1, 0.15) is 0 Å². The van der Waals surface area contributed by atoms with Gasteiger partial charge >= 0.3 is 0 Å². The van der Waals surface area contributed by atoms with E-state index >= 15 is 0 Å². The fourth-order valence-corrected chi connectivity index (χ4v) is 4.37. The molecule has 0 bridgehead atoms. The Hall–Kier alpha value is -0.640. The average molecular weight is 336 g/mol. The molecule has 2 saturated heterocycles. The molecule has 138 valence electrons. The normalized spacial score (nSPS) is 33.3. The van der Waals surface area contributed by atoms with Gasteiger partial charge in [-0.3, -0.25) is 4.90 Å². The second-order valence-corrected chi connectivity index (χ2v) is 8.31. The van der Waals surface area contributed by atoms with Gasteiger partial charge in [-0.2, -0.15) is 0 Å². The van der Waals surface area contributed by atoms with Gasteiger partial charge in [-0.25, -0.2) is 0 Å². The minimum absolute atomic E-state index is 0.292. The highest BCUT2D eigenvalue weighted by atomic mass is 16.3. The van der Waals surface area contributed by atoms with Crippen LogP contribution in [0.3, 0.4) is 0 Å². The van der Waals surface area contributed by atoms with Crippen LogP contribution in [0.4, 0.5) is 0 Å². The molecule has 0 aromatic rings. The minimum Gasteiger partial charge on any atom is -0.389 e. The topological polar surface area (TPSA) is 43.7 Å². The van der Waals surface area contributed by atoms with Crippen LogP contribution in [0.1, 0.15) is 72.6 Å². The number of allylic oxidation sites excluding steroid dienone is 2. The van der Waals surface area contributed by atoms with Gasteiger partial charge in [-0.1, -0.05) is 44.4 Å². The lowest BCUT2D eigenvalue weighted by atomic mass is 9.78. The first-order valence-electron chi connectivity index (χ1n) is 9.84. The number of fused-ring (bicyclic) bond motifs is 1. The molecule has 2 fully saturated rings. The summed E-state index contributed by atoms with van der Waals surface area (Å²) >= 11 is 0. The molecule has 2 aliphatic rings. The Morgan fingerprint density at radius 1 is 1.42 bits per heavy atom. The summed E-state index contributed by atoms with van der Waals surface area (Å²) in [6.45, 7) is 10.5. The van der Waals surface area contributed by atoms with Gasteiger partial charge in [-0.15, -0.1) is 0 Å². The molecule has 3 nitrogen and oxygen atoms in total. The minimum atomic E-state index is -0.590. The fourth-order valence-electron chi connectivity index (χ4n) is 4.37. The van der Waals surface area contributed by atoms with E-state index in [1.54, 1.807) is 0 Å². The standard InChI is InChI=1S/C21H37NO2/c1-5-8-19(23)17(3)11-10-16(2)13-18-14-21(4,24)20-9-6-7-12-22(20)15-18/h11,13,16,19-20,23-24H,5-10,12,14-15H2,1-4H3/b17-11+,18-13-. The van der Waals surface area contributed by atoms with Crippen LogP contribution in [0.25, 0.3) is 0 Å². The Kier molecular flexibility index (Phi) is 7.09. The Balaban J connectivity index is 1.96. The fraction of sp³-hybridized carbons (Fsp3) is 0.810. The number of rotatable bonds is 6. The molecular weight excluding hydrogens is 298 g/mol. The molecule has 2 heterocycles. The van der Waals surface area contributed by atoms with Crippen molar-refractivity contribution in [1.82, 2.24) is 4.90 Å². The highest BCUT2D eigenvalue weighted by Gasteiger charge is 2.42. The Morgan fingerprint density at radius 3 is 2.88 bits per heavy atom. The first-order chi connectivity index (χ1) is 11.3. The molecule has 0 spiro atoms. The summed E-state index contributed by atoms with van der Waals surface area (Å²) in [6, 6.07) is 0.338. The second-order valence-electron chi connectivity index (χ2n) is 8.31. The Labute approximate surface area is 148 Å². The van der Waals surface area contributed by atoms with E-state index in [4.69, 9.17) is 0 Å². The van der Waals surface area contributed by atoms with Gasteiger partial charge in [0.05, 0.1) is 11.7 Å². The summed E-state index contributed by atoms with van der Waals surface area (Å²) in [4.78, 5) is 2.48. The van der Waals surface area contributed by atoms with Crippen LogP contribution in [0.2, 0.25) is 0 Å². The molecule has 0 amide bonds. The molecule has 0 aromatic carbocycles. The molecule has 2 N–H and O–H groups in total. The van der Waals surface area contributed by atoms with Gasteiger partial charge in [0.25, 0.3) is 0 Å². The van der Waals surface area contributed by atoms with E-state index < -0.39 is 5.60 Å². The van der Waals surface area contributed by atoms with E-state index in [1.165, 1.54) is 18.4 Å². The molecule has 4 unspecified atom stereocenters. The molecular formula is C21H37NO2. The van der Waals surface area contributed by atoms with E-state index in [0.717, 1.165) is 50.8 Å². The van der Waals surface area contributed by atoms with Crippen molar-refractivity contribution >= 4 is 0 Å². The highest BCUT2D eigenvalue weighted by Crippen LogP contribution is 2.36. The Morgan fingerprint density at radius 2 is 2.17 bits per heavy atom. The summed E-state index contributed by atoms with van der Waals surface area (Å²) in [5.74, 6) is 0.445. The van der Waals surface area contributed by atoms with Gasteiger partial charge in [0.2, 0.25) is 0 Å². The van der Waals surface area contributed by atoms with Crippen LogP contribution in [-0.4, -0.2) is 45.9 Å². The maximum Gasteiger partial charge on any atom is 0.0811 e. The molecule has 0 saturated carbocycles. The van der Waals surface area contributed by atoms with Crippen molar-refractivity contribution in [3.8, 4) is 0 Å². The summed E-state index contributed by atoms with van der Waals surface area (Å²) in [5.41, 5.74) is 1.88. The smallest absolute Gasteiger partial charge is 0.0811 e. The van der Waals surface area contributed by atoms with Crippen molar-refractivity contribution in [2.75, 3.05) is 13.1 Å². The van der Waals surface area contributed by atoms with Crippen molar-refractivity contribution in [3.05, 3.63) is 23.3 Å². The third-order valence-corrected chi connectivity index (χ3v) is 5.74. The number of aliphatic hydroxyl groups excluding tert-OH is 1. The lowest BCUT2D eigenvalue weighted by Crippen LogP contribution is -2.57. The quantitative estimate of drug-likeness (QED) is 0.720. The van der Waals surface area contributed by atoms with Crippen LogP contribution < -0.4 is 0 Å². The van der Waals surface area contributed by atoms with E-state index in [2.05, 4.69) is 30.9 Å². The third-order valence-electron chi connectivity index (χ3n) is 5.74. The molecule has 0 radical (unpaired) electrons. The van der Waals surface area contributed by atoms with Crippen LogP contribution in [0.15, 0.2) is 23.3 Å². The molecule has 4 atom stereocenters. The van der Waals surface area contributed by atoms with Crippen molar-refractivity contribution < 1.29 is 10.2 Å². The zero-order valence-corrected chi connectivity index (χ0v) is 16.1. The molecule has 2 rings (SSSR count). The van der Waals surface area contributed by atoms with Gasteiger partial charge < -0.3 is 10.2 Å². The molecule has 2 aliphatic heterocycles. The van der Waals surface area contributed by atoms with Crippen molar-refractivity contribution in [2.45, 2.75) is 90.4 Å². The maximum absolute atomic E-state index is 10.9. The largest absolute Gasteiger partial charge is 0.389 e. The van der Waals surface area contributed by atoms with Crippen LogP contribution >= 0.6 is 0 Å². The summed E-state index contributed by atoms with van der Waals surface area (Å²) in [6.07, 6.45) is 11.5. The lowest BCUT2D eigenvalue weighted by molar-refractivity contribution is -0.0641. The molecule has 0 aromatic heterocycles.